The molecule has 0 heterocycles. The summed E-state index contributed by atoms with van der Waals surface area (Å²) < 4.78 is 0. The first kappa shape index (κ1) is 15.4. The fourth-order valence-corrected chi connectivity index (χ4v) is 3.48. The van der Waals surface area contributed by atoms with E-state index in [1.807, 2.05) is 0 Å². The second-order valence-electron chi connectivity index (χ2n) is 7.30. The summed E-state index contributed by atoms with van der Waals surface area (Å²) in [5.41, 5.74) is 0.492. The van der Waals surface area contributed by atoms with Crippen LogP contribution >= 0.6 is 12.6 Å². The zero-order valence-electron chi connectivity index (χ0n) is 12.3. The molecule has 0 aromatic heterocycles. The molecule has 0 aromatic carbocycles. The summed E-state index contributed by atoms with van der Waals surface area (Å²) in [5.74, 6) is 4.03. The van der Waals surface area contributed by atoms with Gasteiger partial charge in [0.15, 0.2) is 0 Å². The topological polar surface area (TPSA) is 0 Å². The van der Waals surface area contributed by atoms with E-state index in [1.165, 1.54) is 44.9 Å². The SMILES string of the molecule is CC1CC(CCC(CCCCS)C(C)(C)C)C1. The van der Waals surface area contributed by atoms with Crippen LogP contribution in [0.15, 0.2) is 0 Å². The Morgan fingerprint density at radius 3 is 2.24 bits per heavy atom. The molecule has 0 amide bonds. The molecule has 1 aliphatic rings. The summed E-state index contributed by atoms with van der Waals surface area (Å²) in [6.45, 7) is 9.65. The average Bonchev–Trinajstić information content (AvgIpc) is 2.18. The fourth-order valence-electron chi connectivity index (χ4n) is 3.25. The van der Waals surface area contributed by atoms with Crippen molar-refractivity contribution >= 4 is 12.6 Å². The highest BCUT2D eigenvalue weighted by Gasteiger charge is 2.29. The molecule has 1 heteroatoms. The molecule has 0 nitrogen and oxygen atoms in total. The fraction of sp³-hybridized carbons (Fsp3) is 1.00. The lowest BCUT2D eigenvalue weighted by Gasteiger charge is -2.36. The van der Waals surface area contributed by atoms with Crippen LogP contribution in [0.3, 0.4) is 0 Å². The minimum Gasteiger partial charge on any atom is -0.179 e. The highest BCUT2D eigenvalue weighted by molar-refractivity contribution is 7.80. The van der Waals surface area contributed by atoms with Crippen molar-refractivity contribution in [1.82, 2.24) is 0 Å². The van der Waals surface area contributed by atoms with Crippen molar-refractivity contribution in [1.29, 1.82) is 0 Å². The van der Waals surface area contributed by atoms with E-state index in [4.69, 9.17) is 0 Å². The maximum absolute atomic E-state index is 4.31. The standard InChI is InChI=1S/C16H32S/c1-13-11-14(12-13)8-9-15(16(2,3)4)7-5-6-10-17/h13-15,17H,5-12H2,1-4H3. The van der Waals surface area contributed by atoms with Crippen LogP contribution in [-0.2, 0) is 0 Å². The van der Waals surface area contributed by atoms with Crippen LogP contribution in [0.4, 0.5) is 0 Å². The Balaban J connectivity index is 2.25. The lowest BCUT2D eigenvalue weighted by atomic mass is 9.69. The van der Waals surface area contributed by atoms with E-state index in [1.54, 1.807) is 0 Å². The Morgan fingerprint density at radius 2 is 1.76 bits per heavy atom. The Labute approximate surface area is 114 Å². The molecular formula is C16H32S. The third-order valence-electron chi connectivity index (χ3n) is 4.58. The Hall–Kier alpha value is 0.350. The molecule has 0 radical (unpaired) electrons. The first-order valence-corrected chi connectivity index (χ1v) is 8.17. The van der Waals surface area contributed by atoms with Crippen LogP contribution in [0.5, 0.6) is 0 Å². The minimum atomic E-state index is 0.492. The summed E-state index contributed by atoms with van der Waals surface area (Å²) >= 11 is 4.31. The second kappa shape index (κ2) is 7.07. The van der Waals surface area contributed by atoms with E-state index < -0.39 is 0 Å². The molecule has 0 N–H and O–H groups in total. The summed E-state index contributed by atoms with van der Waals surface area (Å²) in [7, 11) is 0. The first-order valence-electron chi connectivity index (χ1n) is 7.54. The molecule has 1 atom stereocenters. The van der Waals surface area contributed by atoms with Gasteiger partial charge in [-0.25, -0.2) is 0 Å². The minimum absolute atomic E-state index is 0.492. The van der Waals surface area contributed by atoms with Crippen molar-refractivity contribution in [3.8, 4) is 0 Å². The molecule has 0 saturated heterocycles. The highest BCUT2D eigenvalue weighted by Crippen LogP contribution is 2.40. The van der Waals surface area contributed by atoms with Crippen molar-refractivity contribution in [3.63, 3.8) is 0 Å². The maximum Gasteiger partial charge on any atom is -0.00979 e. The van der Waals surface area contributed by atoms with Crippen LogP contribution in [-0.4, -0.2) is 5.75 Å². The number of hydrogen-bond donors (Lipinski definition) is 1. The van der Waals surface area contributed by atoms with Gasteiger partial charge < -0.3 is 0 Å². The van der Waals surface area contributed by atoms with Crippen molar-refractivity contribution in [2.24, 2.45) is 23.2 Å². The summed E-state index contributed by atoms with van der Waals surface area (Å²) in [5, 5.41) is 0. The van der Waals surface area contributed by atoms with E-state index in [-0.39, 0.29) is 0 Å². The summed E-state index contributed by atoms with van der Waals surface area (Å²) in [6.07, 6.45) is 9.98. The van der Waals surface area contributed by atoms with Gasteiger partial charge in [0.1, 0.15) is 0 Å². The molecule has 0 aliphatic heterocycles. The predicted octanol–water partition coefficient (Wildman–Crippen LogP) is 5.58. The smallest absolute Gasteiger partial charge is 0.00979 e. The molecule has 0 bridgehead atoms. The van der Waals surface area contributed by atoms with E-state index in [0.29, 0.717) is 5.41 Å². The summed E-state index contributed by atoms with van der Waals surface area (Å²) in [4.78, 5) is 0. The largest absolute Gasteiger partial charge is 0.179 e. The third kappa shape index (κ3) is 5.68. The van der Waals surface area contributed by atoms with Crippen molar-refractivity contribution in [3.05, 3.63) is 0 Å². The van der Waals surface area contributed by atoms with Gasteiger partial charge in [-0.2, -0.15) is 12.6 Å². The molecule has 102 valence electrons. The van der Waals surface area contributed by atoms with Gasteiger partial charge in [-0.05, 0) is 61.0 Å². The lowest BCUT2D eigenvalue weighted by molar-refractivity contribution is 0.148. The molecule has 1 rings (SSSR count). The normalized spacial score (nSPS) is 26.6. The van der Waals surface area contributed by atoms with E-state index in [9.17, 15) is 0 Å². The summed E-state index contributed by atoms with van der Waals surface area (Å²) in [6, 6.07) is 0. The van der Waals surface area contributed by atoms with Crippen LogP contribution in [0.1, 0.15) is 72.6 Å². The third-order valence-corrected chi connectivity index (χ3v) is 4.90. The Bertz CT molecular complexity index is 198. The predicted molar refractivity (Wildman–Crippen MR) is 81.8 cm³/mol. The van der Waals surface area contributed by atoms with Gasteiger partial charge in [0, 0.05) is 0 Å². The molecule has 1 aliphatic carbocycles. The molecule has 17 heavy (non-hydrogen) atoms. The molecular weight excluding hydrogens is 224 g/mol. The number of thiol groups is 1. The van der Waals surface area contributed by atoms with Crippen LogP contribution in [0.2, 0.25) is 0 Å². The molecule has 1 fully saturated rings. The van der Waals surface area contributed by atoms with Gasteiger partial charge in [0.2, 0.25) is 0 Å². The van der Waals surface area contributed by atoms with Crippen molar-refractivity contribution in [2.75, 3.05) is 5.75 Å². The monoisotopic (exact) mass is 256 g/mol. The van der Waals surface area contributed by atoms with Gasteiger partial charge in [0.05, 0.1) is 0 Å². The highest BCUT2D eigenvalue weighted by atomic mass is 32.1. The van der Waals surface area contributed by atoms with Gasteiger partial charge in [0.25, 0.3) is 0 Å². The molecule has 0 aromatic rings. The van der Waals surface area contributed by atoms with Gasteiger partial charge in [-0.15, -0.1) is 0 Å². The Kier molecular flexibility index (Phi) is 6.40. The van der Waals surface area contributed by atoms with Crippen molar-refractivity contribution < 1.29 is 0 Å². The van der Waals surface area contributed by atoms with Crippen LogP contribution in [0.25, 0.3) is 0 Å². The number of unbranched alkanes of at least 4 members (excludes halogenated alkanes) is 1. The molecule has 1 saturated carbocycles. The second-order valence-corrected chi connectivity index (χ2v) is 7.75. The maximum atomic E-state index is 4.31. The van der Waals surface area contributed by atoms with E-state index >= 15 is 0 Å². The number of hydrogen-bond acceptors (Lipinski definition) is 1. The molecule has 0 spiro atoms. The molecule has 1 unspecified atom stereocenters. The van der Waals surface area contributed by atoms with E-state index in [0.717, 1.165) is 23.5 Å². The Morgan fingerprint density at radius 1 is 1.12 bits per heavy atom. The quantitative estimate of drug-likeness (QED) is 0.446. The first-order chi connectivity index (χ1) is 7.93. The van der Waals surface area contributed by atoms with Crippen LogP contribution < -0.4 is 0 Å². The zero-order valence-corrected chi connectivity index (χ0v) is 13.2. The lowest BCUT2D eigenvalue weighted by Crippen LogP contribution is -2.25. The van der Waals surface area contributed by atoms with Gasteiger partial charge >= 0.3 is 0 Å². The van der Waals surface area contributed by atoms with Gasteiger partial charge in [-0.3, -0.25) is 0 Å². The van der Waals surface area contributed by atoms with Crippen LogP contribution in [0, 0.1) is 23.2 Å². The van der Waals surface area contributed by atoms with E-state index in [2.05, 4.69) is 40.3 Å². The van der Waals surface area contributed by atoms with Gasteiger partial charge in [-0.1, -0.05) is 40.5 Å². The number of rotatable bonds is 7. The zero-order chi connectivity index (χ0) is 12.9. The average molecular weight is 256 g/mol. The van der Waals surface area contributed by atoms with Crippen molar-refractivity contribution in [2.45, 2.75) is 72.6 Å².